The molecule has 2 atom stereocenters. The number of pyridine rings is 1. The van der Waals surface area contributed by atoms with E-state index in [2.05, 4.69) is 32.3 Å². The van der Waals surface area contributed by atoms with Gasteiger partial charge in [0.25, 0.3) is 0 Å². The van der Waals surface area contributed by atoms with Crippen molar-refractivity contribution in [2.24, 2.45) is 5.92 Å². The first-order chi connectivity index (χ1) is 17.0. The minimum atomic E-state index is -0.766. The van der Waals surface area contributed by atoms with Gasteiger partial charge in [-0.2, -0.15) is 10.1 Å². The lowest BCUT2D eigenvalue weighted by Crippen LogP contribution is -2.39. The van der Waals surface area contributed by atoms with Gasteiger partial charge in [-0.15, -0.1) is 0 Å². The number of nitrogens with one attached hydrogen (secondary N) is 2. The fraction of sp³-hybridized carbons (Fsp3) is 0.333. The molecular formula is C24H28N6O5. The third-order valence-corrected chi connectivity index (χ3v) is 5.70. The Labute approximate surface area is 202 Å². The lowest BCUT2D eigenvalue weighted by molar-refractivity contribution is -0.119. The Morgan fingerprint density at radius 2 is 1.97 bits per heavy atom. The number of amides is 1. The van der Waals surface area contributed by atoms with Crippen LogP contribution in [0.1, 0.15) is 23.9 Å². The summed E-state index contributed by atoms with van der Waals surface area (Å²) in [5, 5.41) is 19.9. The van der Waals surface area contributed by atoms with Crippen LogP contribution in [0, 0.1) is 5.92 Å². The lowest BCUT2D eigenvalue weighted by atomic mass is 9.88. The highest BCUT2D eigenvalue weighted by molar-refractivity contribution is 5.95. The van der Waals surface area contributed by atoms with Crippen molar-refractivity contribution in [1.82, 2.24) is 19.7 Å². The Morgan fingerprint density at radius 1 is 1.23 bits per heavy atom. The Hall–Kier alpha value is -4.12. The van der Waals surface area contributed by atoms with Crippen molar-refractivity contribution < 1.29 is 24.1 Å². The van der Waals surface area contributed by atoms with Gasteiger partial charge < -0.3 is 30.0 Å². The molecule has 184 valence electrons. The zero-order valence-corrected chi connectivity index (χ0v) is 19.8. The first kappa shape index (κ1) is 24.0. The van der Waals surface area contributed by atoms with E-state index >= 15 is 0 Å². The third-order valence-electron chi connectivity index (χ3n) is 5.70. The van der Waals surface area contributed by atoms with E-state index in [0.29, 0.717) is 58.8 Å². The van der Waals surface area contributed by atoms with Crippen LogP contribution in [0.4, 0.5) is 11.6 Å². The number of methoxy groups -OCH3 is 3. The van der Waals surface area contributed by atoms with Gasteiger partial charge in [-0.25, -0.2) is 4.68 Å². The Kier molecular flexibility index (Phi) is 7.16. The van der Waals surface area contributed by atoms with E-state index < -0.39 is 12.0 Å². The van der Waals surface area contributed by atoms with E-state index in [0.717, 1.165) is 0 Å². The molecule has 1 aromatic carbocycles. The van der Waals surface area contributed by atoms with Crippen molar-refractivity contribution in [3.63, 3.8) is 0 Å². The van der Waals surface area contributed by atoms with Crippen molar-refractivity contribution in [2.45, 2.75) is 18.9 Å². The number of aliphatic hydroxyl groups excluding tert-OH is 1. The standard InChI is InChI=1S/C24H28N6O5/c1-14-20(23(32)27-16-7-5-9-25-13-16)21(30-24(26-14)28-19(29-30)8-6-10-31)15-11-17(33-2)22(35-4)18(12-15)34-3/h5,7,9,11-13,20-21,31H,1,6,8,10H2,2-4H3,(H,27,32)(H,26,28,29). The fourth-order valence-electron chi connectivity index (χ4n) is 4.11. The largest absolute Gasteiger partial charge is 0.493 e. The number of hydrogen-bond donors (Lipinski definition) is 3. The normalized spacial score (nSPS) is 16.7. The molecule has 0 saturated carbocycles. The number of anilines is 2. The summed E-state index contributed by atoms with van der Waals surface area (Å²) in [5.74, 6) is 1.25. The van der Waals surface area contributed by atoms with E-state index in [4.69, 9.17) is 14.2 Å². The SMILES string of the molecule is C=C1Nc2nc(CCCO)nn2C(c2cc(OC)c(OC)c(OC)c2)C1C(=O)Nc1cccnc1. The predicted octanol–water partition coefficient (Wildman–Crippen LogP) is 2.41. The minimum absolute atomic E-state index is 0.0243. The van der Waals surface area contributed by atoms with Crippen LogP contribution in [0.25, 0.3) is 0 Å². The van der Waals surface area contributed by atoms with Gasteiger partial charge in [0.1, 0.15) is 5.92 Å². The Balaban J connectivity index is 1.84. The molecule has 0 fully saturated rings. The molecule has 3 N–H and O–H groups in total. The maximum atomic E-state index is 13.6. The molecule has 1 amide bonds. The number of ether oxygens (including phenoxy) is 3. The van der Waals surface area contributed by atoms with Crippen LogP contribution < -0.4 is 24.8 Å². The van der Waals surface area contributed by atoms with Crippen LogP contribution in [0.3, 0.4) is 0 Å². The lowest BCUT2D eigenvalue weighted by Gasteiger charge is -2.34. The Morgan fingerprint density at radius 3 is 2.57 bits per heavy atom. The monoisotopic (exact) mass is 480 g/mol. The summed E-state index contributed by atoms with van der Waals surface area (Å²) >= 11 is 0. The third kappa shape index (κ3) is 4.76. The number of carbonyl (C=O) groups is 1. The van der Waals surface area contributed by atoms with Crippen molar-refractivity contribution in [3.8, 4) is 17.2 Å². The van der Waals surface area contributed by atoms with Gasteiger partial charge in [-0.3, -0.25) is 9.78 Å². The molecule has 2 aromatic heterocycles. The average molecular weight is 481 g/mol. The van der Waals surface area contributed by atoms with Crippen LogP contribution in [0.15, 0.2) is 48.9 Å². The second-order valence-electron chi connectivity index (χ2n) is 7.89. The first-order valence-electron chi connectivity index (χ1n) is 11.0. The Bertz CT molecular complexity index is 1190. The van der Waals surface area contributed by atoms with Gasteiger partial charge in [0, 0.05) is 24.9 Å². The highest BCUT2D eigenvalue weighted by Crippen LogP contribution is 2.45. The molecule has 4 rings (SSSR count). The van der Waals surface area contributed by atoms with Crippen LogP contribution >= 0.6 is 0 Å². The molecule has 3 heterocycles. The first-order valence-corrected chi connectivity index (χ1v) is 11.0. The van der Waals surface area contributed by atoms with E-state index in [-0.39, 0.29) is 12.5 Å². The van der Waals surface area contributed by atoms with E-state index in [1.54, 1.807) is 41.3 Å². The molecule has 11 nitrogen and oxygen atoms in total. The molecular weight excluding hydrogens is 452 g/mol. The number of fused-ring (bicyclic) bond motifs is 1. The number of aromatic nitrogens is 4. The van der Waals surface area contributed by atoms with Crippen molar-refractivity contribution >= 4 is 17.5 Å². The predicted molar refractivity (Wildman–Crippen MR) is 129 cm³/mol. The number of nitrogens with zero attached hydrogens (tertiary/aromatic N) is 4. The number of rotatable bonds is 9. The van der Waals surface area contributed by atoms with Gasteiger partial charge in [0.15, 0.2) is 17.3 Å². The van der Waals surface area contributed by atoms with Gasteiger partial charge in [-0.05, 0) is 36.2 Å². The molecule has 0 saturated heterocycles. The zero-order valence-electron chi connectivity index (χ0n) is 19.8. The number of hydrogen-bond acceptors (Lipinski definition) is 9. The van der Waals surface area contributed by atoms with Crippen molar-refractivity contribution in [1.29, 1.82) is 0 Å². The molecule has 11 heteroatoms. The van der Waals surface area contributed by atoms with E-state index in [1.807, 2.05) is 0 Å². The highest BCUT2D eigenvalue weighted by Gasteiger charge is 2.41. The molecule has 2 unspecified atom stereocenters. The molecule has 0 spiro atoms. The van der Waals surface area contributed by atoms with Crippen LogP contribution in [-0.4, -0.2) is 58.7 Å². The second kappa shape index (κ2) is 10.4. The highest BCUT2D eigenvalue weighted by atomic mass is 16.5. The maximum absolute atomic E-state index is 13.6. The molecule has 35 heavy (non-hydrogen) atoms. The number of carbonyl (C=O) groups excluding carboxylic acids is 1. The number of benzene rings is 1. The molecule has 1 aliphatic rings. The molecule has 0 bridgehead atoms. The summed E-state index contributed by atoms with van der Waals surface area (Å²) in [6.45, 7) is 4.15. The van der Waals surface area contributed by atoms with Crippen molar-refractivity contribution in [2.75, 3.05) is 38.6 Å². The van der Waals surface area contributed by atoms with Gasteiger partial charge in [0.2, 0.25) is 17.6 Å². The molecule has 0 radical (unpaired) electrons. The molecule has 1 aliphatic heterocycles. The molecule has 3 aromatic rings. The smallest absolute Gasteiger partial charge is 0.236 e. The number of aliphatic hydroxyl groups is 1. The summed E-state index contributed by atoms with van der Waals surface area (Å²) in [7, 11) is 4.59. The van der Waals surface area contributed by atoms with Crippen LogP contribution in [0.2, 0.25) is 0 Å². The van der Waals surface area contributed by atoms with Crippen LogP contribution in [-0.2, 0) is 11.2 Å². The summed E-state index contributed by atoms with van der Waals surface area (Å²) in [5.41, 5.74) is 1.70. The average Bonchev–Trinajstić information content (AvgIpc) is 3.28. The summed E-state index contributed by atoms with van der Waals surface area (Å²) < 4.78 is 18.2. The summed E-state index contributed by atoms with van der Waals surface area (Å²) in [4.78, 5) is 22.2. The van der Waals surface area contributed by atoms with Gasteiger partial charge in [-0.1, -0.05) is 6.58 Å². The second-order valence-corrected chi connectivity index (χ2v) is 7.89. The van der Waals surface area contributed by atoms with E-state index in [9.17, 15) is 9.90 Å². The van der Waals surface area contributed by atoms with Crippen LogP contribution in [0.5, 0.6) is 17.2 Å². The quantitative estimate of drug-likeness (QED) is 0.422. The summed E-state index contributed by atoms with van der Waals surface area (Å²) in [6.07, 6.45) is 4.20. The van der Waals surface area contributed by atoms with Crippen molar-refractivity contribution in [3.05, 3.63) is 60.3 Å². The maximum Gasteiger partial charge on any atom is 0.236 e. The topological polar surface area (TPSA) is 133 Å². The fourth-order valence-corrected chi connectivity index (χ4v) is 4.11. The van der Waals surface area contributed by atoms with Gasteiger partial charge in [0.05, 0.1) is 39.3 Å². The molecule has 0 aliphatic carbocycles. The van der Waals surface area contributed by atoms with Gasteiger partial charge >= 0.3 is 0 Å². The zero-order chi connectivity index (χ0) is 24.9. The minimum Gasteiger partial charge on any atom is -0.493 e. The van der Waals surface area contributed by atoms with E-state index in [1.165, 1.54) is 21.3 Å². The number of aryl methyl sites for hydroxylation is 1. The summed E-state index contributed by atoms with van der Waals surface area (Å²) in [6, 6.07) is 6.44.